The van der Waals surface area contributed by atoms with Gasteiger partial charge in [0.2, 0.25) is 0 Å². The van der Waals surface area contributed by atoms with Gasteiger partial charge in [-0.1, -0.05) is 6.92 Å². The molecule has 0 bridgehead atoms. The van der Waals surface area contributed by atoms with Gasteiger partial charge in [0.25, 0.3) is 0 Å². The molecule has 0 heterocycles. The Labute approximate surface area is 87.7 Å². The van der Waals surface area contributed by atoms with E-state index >= 15 is 0 Å². The third-order valence-corrected chi connectivity index (χ3v) is 17.5. The first-order chi connectivity index (χ1) is 5.62. The number of hydrogen-bond donors (Lipinski definition) is 0. The normalized spacial score (nSPS) is 14.8. The van der Waals surface area contributed by atoms with Crippen molar-refractivity contribution in [2.75, 3.05) is 14.2 Å². The predicted molar refractivity (Wildman–Crippen MR) is 63.1 cm³/mol. The summed E-state index contributed by atoms with van der Waals surface area (Å²) >= 11 is 0. The lowest BCUT2D eigenvalue weighted by Gasteiger charge is -2.46. The van der Waals surface area contributed by atoms with Crippen LogP contribution in [0.5, 0.6) is 0 Å². The third-order valence-electron chi connectivity index (χ3n) is 3.43. The molecule has 0 aromatic heterocycles. The van der Waals surface area contributed by atoms with Crippen molar-refractivity contribution in [2.45, 2.75) is 37.4 Å². The standard InChI is InChI=1S/C8H21O2Si3/c1-8(11,12(4,5)9-2)13(6,7)10-3/h1-7H3. The van der Waals surface area contributed by atoms with Crippen LogP contribution in [0.25, 0.3) is 0 Å². The molecule has 13 heavy (non-hydrogen) atoms. The van der Waals surface area contributed by atoms with Crippen LogP contribution in [0.4, 0.5) is 0 Å². The second-order valence-corrected chi connectivity index (χ2v) is 15.9. The fraction of sp³-hybridized carbons (Fsp3) is 1.00. The Morgan fingerprint density at radius 1 is 0.923 bits per heavy atom. The first-order valence-electron chi connectivity index (χ1n) is 4.47. The van der Waals surface area contributed by atoms with E-state index < -0.39 is 16.6 Å². The molecule has 0 rings (SSSR count). The second-order valence-electron chi connectivity index (χ2n) is 4.55. The largest absolute Gasteiger partial charge is 0.420 e. The van der Waals surface area contributed by atoms with Gasteiger partial charge < -0.3 is 8.85 Å². The molecule has 0 aliphatic carbocycles. The van der Waals surface area contributed by atoms with Crippen molar-refractivity contribution in [1.29, 1.82) is 0 Å². The summed E-state index contributed by atoms with van der Waals surface area (Å²) in [4.78, 5) is 0. The van der Waals surface area contributed by atoms with Gasteiger partial charge in [0.05, 0.1) is 0 Å². The lowest BCUT2D eigenvalue weighted by molar-refractivity contribution is 0.367. The highest BCUT2D eigenvalue weighted by atomic mass is 28.4. The summed E-state index contributed by atoms with van der Waals surface area (Å²) in [7, 11) is 4.05. The Balaban J connectivity index is 4.95. The van der Waals surface area contributed by atoms with Gasteiger partial charge >= 0.3 is 0 Å². The van der Waals surface area contributed by atoms with Gasteiger partial charge in [-0.3, -0.25) is 0 Å². The maximum absolute atomic E-state index is 5.64. The van der Waals surface area contributed by atoms with E-state index in [1.54, 1.807) is 14.2 Å². The molecule has 0 N–H and O–H groups in total. The summed E-state index contributed by atoms with van der Waals surface area (Å²) in [5.74, 6) is 0. The van der Waals surface area contributed by atoms with Crippen LogP contribution in [0.15, 0.2) is 0 Å². The predicted octanol–water partition coefficient (Wildman–Crippen LogP) is 2.11. The van der Waals surface area contributed by atoms with E-state index in [0.29, 0.717) is 0 Å². The quantitative estimate of drug-likeness (QED) is 0.693. The summed E-state index contributed by atoms with van der Waals surface area (Å²) < 4.78 is 11.3. The van der Waals surface area contributed by atoms with E-state index in [0.717, 1.165) is 0 Å². The maximum Gasteiger partial charge on any atom is 0.188 e. The average Bonchev–Trinajstić information content (AvgIpc) is 2.03. The minimum atomic E-state index is -1.71. The molecule has 0 aliphatic rings. The van der Waals surface area contributed by atoms with Crippen molar-refractivity contribution in [3.63, 3.8) is 0 Å². The highest BCUT2D eigenvalue weighted by molar-refractivity contribution is 7.01. The first-order valence-corrected chi connectivity index (χ1v) is 10.8. The Morgan fingerprint density at radius 3 is 1.31 bits per heavy atom. The first kappa shape index (κ1) is 13.6. The molecule has 0 aliphatic heterocycles. The second kappa shape index (κ2) is 3.98. The highest BCUT2D eigenvalue weighted by Crippen LogP contribution is 2.43. The molecule has 3 radical (unpaired) electrons. The van der Waals surface area contributed by atoms with Gasteiger partial charge in [-0.2, -0.15) is 0 Å². The summed E-state index contributed by atoms with van der Waals surface area (Å²) in [5, 5.41) is 0. The van der Waals surface area contributed by atoms with Crippen LogP contribution in [-0.2, 0) is 8.85 Å². The van der Waals surface area contributed by atoms with Gasteiger partial charge in [-0.05, 0) is 30.5 Å². The molecule has 77 valence electrons. The van der Waals surface area contributed by atoms with E-state index in [1.165, 1.54) is 0 Å². The minimum Gasteiger partial charge on any atom is -0.420 e. The van der Waals surface area contributed by atoms with E-state index in [-0.39, 0.29) is 4.28 Å². The Bertz CT molecular complexity index is 160. The monoisotopic (exact) mass is 233 g/mol. The fourth-order valence-corrected chi connectivity index (χ4v) is 8.97. The third kappa shape index (κ3) is 2.33. The minimum absolute atomic E-state index is 0.0312. The van der Waals surface area contributed by atoms with Crippen molar-refractivity contribution in [3.8, 4) is 0 Å². The van der Waals surface area contributed by atoms with Crippen molar-refractivity contribution >= 4 is 26.9 Å². The van der Waals surface area contributed by atoms with E-state index in [2.05, 4.69) is 43.4 Å². The van der Waals surface area contributed by atoms with Gasteiger partial charge in [-0.15, -0.1) is 0 Å². The van der Waals surface area contributed by atoms with Crippen LogP contribution in [-0.4, -0.2) is 41.1 Å². The number of hydrogen-bond acceptors (Lipinski definition) is 2. The molecule has 2 nitrogen and oxygen atoms in total. The maximum atomic E-state index is 5.64. The lowest BCUT2D eigenvalue weighted by atomic mass is 10.9. The van der Waals surface area contributed by atoms with Crippen molar-refractivity contribution in [1.82, 2.24) is 0 Å². The van der Waals surface area contributed by atoms with E-state index in [1.807, 2.05) is 0 Å². The molecular weight excluding hydrogens is 212 g/mol. The summed E-state index contributed by atoms with van der Waals surface area (Å²) in [6, 6.07) is 0. The SMILES string of the molecule is CO[Si](C)(C)C(C)([Si])[Si](C)(C)OC. The van der Waals surface area contributed by atoms with Crippen LogP contribution >= 0.6 is 0 Å². The zero-order valence-electron chi connectivity index (χ0n) is 9.82. The van der Waals surface area contributed by atoms with Crippen LogP contribution in [0.3, 0.4) is 0 Å². The smallest absolute Gasteiger partial charge is 0.188 e. The van der Waals surface area contributed by atoms with Gasteiger partial charge in [0.1, 0.15) is 0 Å². The van der Waals surface area contributed by atoms with Crippen molar-refractivity contribution < 1.29 is 8.85 Å². The molecular formula is C8H21O2Si3. The molecule has 0 spiro atoms. The molecule has 0 saturated heterocycles. The van der Waals surface area contributed by atoms with E-state index in [9.17, 15) is 0 Å². The lowest BCUT2D eigenvalue weighted by Crippen LogP contribution is -2.58. The van der Waals surface area contributed by atoms with Crippen molar-refractivity contribution in [2.24, 2.45) is 0 Å². The number of rotatable bonds is 4. The van der Waals surface area contributed by atoms with Crippen LogP contribution < -0.4 is 0 Å². The van der Waals surface area contributed by atoms with E-state index in [4.69, 9.17) is 8.85 Å². The molecule has 5 heteroatoms. The fourth-order valence-electron chi connectivity index (χ4n) is 1.13. The molecule has 0 saturated carbocycles. The van der Waals surface area contributed by atoms with Crippen molar-refractivity contribution in [3.05, 3.63) is 0 Å². The Kier molecular flexibility index (Phi) is 4.15. The average molecular weight is 234 g/mol. The van der Waals surface area contributed by atoms with Gasteiger partial charge in [-0.25, -0.2) is 0 Å². The molecule has 0 unspecified atom stereocenters. The zero-order chi connectivity index (χ0) is 10.9. The molecule has 0 aromatic carbocycles. The summed E-state index contributed by atoms with van der Waals surface area (Å²) in [5.41, 5.74) is 0. The van der Waals surface area contributed by atoms with Gasteiger partial charge in [0.15, 0.2) is 16.6 Å². The summed E-state index contributed by atoms with van der Waals surface area (Å²) in [6.07, 6.45) is 0. The molecule has 0 atom stereocenters. The zero-order valence-corrected chi connectivity index (χ0v) is 12.8. The van der Waals surface area contributed by atoms with Gasteiger partial charge in [0, 0.05) is 24.5 Å². The van der Waals surface area contributed by atoms with Crippen LogP contribution in [0.2, 0.25) is 30.5 Å². The molecule has 0 aromatic rings. The highest BCUT2D eigenvalue weighted by Gasteiger charge is 2.52. The Hall–Kier alpha value is 0.571. The van der Waals surface area contributed by atoms with Crippen LogP contribution in [0.1, 0.15) is 6.92 Å². The molecule has 0 fully saturated rings. The van der Waals surface area contributed by atoms with Crippen LogP contribution in [0, 0.1) is 0 Å². The Morgan fingerprint density at radius 2 is 1.15 bits per heavy atom. The summed E-state index contributed by atoms with van der Waals surface area (Å²) in [6.45, 7) is 11.1. The molecule has 0 amide bonds. The topological polar surface area (TPSA) is 18.5 Å².